The summed E-state index contributed by atoms with van der Waals surface area (Å²) < 4.78 is 0. The van der Waals surface area contributed by atoms with Gasteiger partial charge in [-0.15, -0.1) is 0 Å². The van der Waals surface area contributed by atoms with Crippen LogP contribution in [-0.2, 0) is 10.8 Å². The first-order valence-corrected chi connectivity index (χ1v) is 20.3. The minimum Gasteiger partial charge on any atom is -0.311 e. The van der Waals surface area contributed by atoms with Crippen LogP contribution in [0.4, 0.5) is 34.1 Å². The van der Waals surface area contributed by atoms with Gasteiger partial charge in [-0.05, 0) is 128 Å². The van der Waals surface area contributed by atoms with Crippen molar-refractivity contribution in [3.63, 3.8) is 0 Å². The molecule has 8 aromatic carbocycles. The van der Waals surface area contributed by atoms with E-state index < -0.39 is 0 Å². The summed E-state index contributed by atoms with van der Waals surface area (Å²) in [5, 5.41) is 0. The van der Waals surface area contributed by atoms with Crippen LogP contribution in [0.3, 0.4) is 0 Å². The van der Waals surface area contributed by atoms with Crippen LogP contribution in [-0.4, -0.2) is 0 Å². The third-order valence-electron chi connectivity index (χ3n) is 12.4. The van der Waals surface area contributed by atoms with E-state index in [0.29, 0.717) is 0 Å². The molecule has 2 nitrogen and oxygen atoms in total. The van der Waals surface area contributed by atoms with Crippen molar-refractivity contribution in [2.45, 2.75) is 38.5 Å². The molecule has 0 fully saturated rings. The standard InChI is InChI=1S/C56H46N2/c1-55(2)51-23-15-14-22-47(51)49-34-31-45(37-53(49)55)58(43-20-12-7-13-21-43)46-32-35-50-48-33-28-40(36-52(48)56(3,4)54(50)38-46)25-24-39-26-29-44(30-27-39)57(41-16-8-5-9-17-41)42-18-10-6-11-19-42/h5-38H,1-4H3. The van der Waals surface area contributed by atoms with Gasteiger partial charge in [-0.2, -0.15) is 0 Å². The fourth-order valence-electron chi connectivity index (χ4n) is 9.37. The number of nitrogens with zero attached hydrogens (tertiary/aromatic N) is 2. The number of fused-ring (bicyclic) bond motifs is 6. The van der Waals surface area contributed by atoms with Gasteiger partial charge in [0.05, 0.1) is 0 Å². The highest BCUT2D eigenvalue weighted by Gasteiger charge is 2.38. The van der Waals surface area contributed by atoms with Crippen LogP contribution in [0.1, 0.15) is 61.1 Å². The van der Waals surface area contributed by atoms with Gasteiger partial charge in [-0.1, -0.05) is 161 Å². The molecule has 2 aliphatic carbocycles. The molecule has 0 saturated heterocycles. The molecule has 8 aromatic rings. The normalized spacial score (nSPS) is 14.1. The summed E-state index contributed by atoms with van der Waals surface area (Å²) in [5.74, 6) is 0. The van der Waals surface area contributed by atoms with Crippen molar-refractivity contribution in [1.82, 2.24) is 0 Å². The average Bonchev–Trinajstić information content (AvgIpc) is 3.63. The molecule has 0 aromatic heterocycles. The molecular formula is C56H46N2. The predicted molar refractivity (Wildman–Crippen MR) is 246 cm³/mol. The van der Waals surface area contributed by atoms with E-state index in [9.17, 15) is 0 Å². The summed E-state index contributed by atoms with van der Waals surface area (Å²) in [7, 11) is 0. The summed E-state index contributed by atoms with van der Waals surface area (Å²) >= 11 is 0. The van der Waals surface area contributed by atoms with E-state index in [4.69, 9.17) is 0 Å². The predicted octanol–water partition coefficient (Wildman–Crippen LogP) is 15.4. The Hall–Kier alpha value is -6.90. The maximum absolute atomic E-state index is 2.43. The van der Waals surface area contributed by atoms with E-state index in [0.717, 1.165) is 28.3 Å². The van der Waals surface area contributed by atoms with Gasteiger partial charge in [-0.25, -0.2) is 0 Å². The van der Waals surface area contributed by atoms with Crippen LogP contribution in [0.5, 0.6) is 0 Å². The molecule has 0 spiro atoms. The van der Waals surface area contributed by atoms with Crippen LogP contribution in [0, 0.1) is 0 Å². The van der Waals surface area contributed by atoms with Crippen molar-refractivity contribution in [1.29, 1.82) is 0 Å². The third kappa shape index (κ3) is 5.96. The molecule has 0 unspecified atom stereocenters. The van der Waals surface area contributed by atoms with Gasteiger partial charge in [0.15, 0.2) is 0 Å². The Kier molecular flexibility index (Phi) is 8.53. The monoisotopic (exact) mass is 746 g/mol. The first-order chi connectivity index (χ1) is 28.3. The van der Waals surface area contributed by atoms with E-state index in [1.165, 1.54) is 61.4 Å². The number of rotatable bonds is 8. The molecule has 0 heterocycles. The number of hydrogen-bond donors (Lipinski definition) is 0. The molecule has 0 bridgehead atoms. The van der Waals surface area contributed by atoms with Crippen molar-refractivity contribution < 1.29 is 0 Å². The molecule has 0 atom stereocenters. The highest BCUT2D eigenvalue weighted by molar-refractivity contribution is 5.89. The van der Waals surface area contributed by atoms with E-state index in [2.05, 4.69) is 244 Å². The van der Waals surface area contributed by atoms with Crippen molar-refractivity contribution in [3.05, 3.63) is 228 Å². The van der Waals surface area contributed by atoms with Gasteiger partial charge in [-0.3, -0.25) is 0 Å². The molecule has 0 radical (unpaired) electrons. The molecular weight excluding hydrogens is 701 g/mol. The van der Waals surface area contributed by atoms with Crippen molar-refractivity contribution in [3.8, 4) is 22.3 Å². The van der Waals surface area contributed by atoms with Crippen molar-refractivity contribution in [2.24, 2.45) is 0 Å². The molecule has 0 saturated carbocycles. The fraction of sp³-hybridized carbons (Fsp3) is 0.107. The smallest absolute Gasteiger partial charge is 0.0465 e. The fourth-order valence-corrected chi connectivity index (χ4v) is 9.37. The van der Waals surface area contributed by atoms with E-state index in [1.807, 2.05) is 0 Å². The second-order valence-corrected chi connectivity index (χ2v) is 16.7. The van der Waals surface area contributed by atoms with Crippen LogP contribution in [0.25, 0.3) is 34.4 Å². The molecule has 10 rings (SSSR count). The van der Waals surface area contributed by atoms with Crippen LogP contribution in [0.15, 0.2) is 194 Å². The minimum absolute atomic E-state index is 0.0760. The molecule has 0 aliphatic heterocycles. The molecule has 0 amide bonds. The quantitative estimate of drug-likeness (QED) is 0.143. The Morgan fingerprint density at radius 1 is 0.293 bits per heavy atom. The summed E-state index contributed by atoms with van der Waals surface area (Å²) in [4.78, 5) is 4.72. The molecule has 0 N–H and O–H groups in total. The Bertz CT molecular complexity index is 2780. The lowest BCUT2D eigenvalue weighted by Crippen LogP contribution is -2.18. The highest BCUT2D eigenvalue weighted by atomic mass is 15.1. The SMILES string of the molecule is CC1(C)c2ccccc2-c2ccc(N(c3ccccc3)c3ccc4c(c3)C(C)(C)c3cc(C=Cc5ccc(N(c6ccccc6)c6ccccc6)cc5)ccc3-4)cc21. The Balaban J connectivity index is 0.954. The maximum Gasteiger partial charge on any atom is 0.0465 e. The van der Waals surface area contributed by atoms with Gasteiger partial charge < -0.3 is 9.80 Å². The van der Waals surface area contributed by atoms with Crippen LogP contribution >= 0.6 is 0 Å². The third-order valence-corrected chi connectivity index (χ3v) is 12.4. The Morgan fingerprint density at radius 2 is 0.638 bits per heavy atom. The zero-order valence-corrected chi connectivity index (χ0v) is 33.5. The average molecular weight is 747 g/mol. The van der Waals surface area contributed by atoms with E-state index >= 15 is 0 Å². The number of benzene rings is 8. The van der Waals surface area contributed by atoms with Gasteiger partial charge >= 0.3 is 0 Å². The second kappa shape index (κ2) is 13.9. The lowest BCUT2D eigenvalue weighted by molar-refractivity contribution is 0.660. The Labute approximate surface area is 343 Å². The molecule has 2 aliphatic rings. The maximum atomic E-state index is 2.43. The Morgan fingerprint density at radius 3 is 1.17 bits per heavy atom. The van der Waals surface area contributed by atoms with E-state index in [-0.39, 0.29) is 10.8 Å². The summed E-state index contributed by atoms with van der Waals surface area (Å²) in [5.41, 5.74) is 19.8. The summed E-state index contributed by atoms with van der Waals surface area (Å²) in [6.07, 6.45) is 4.47. The van der Waals surface area contributed by atoms with Crippen LogP contribution < -0.4 is 9.80 Å². The van der Waals surface area contributed by atoms with Crippen molar-refractivity contribution >= 4 is 46.3 Å². The minimum atomic E-state index is -0.172. The summed E-state index contributed by atoms with van der Waals surface area (Å²) in [6, 6.07) is 70.7. The second-order valence-electron chi connectivity index (χ2n) is 16.7. The van der Waals surface area contributed by atoms with Gasteiger partial charge in [0.2, 0.25) is 0 Å². The topological polar surface area (TPSA) is 6.48 Å². The lowest BCUT2D eigenvalue weighted by Gasteiger charge is -2.29. The number of anilines is 6. The molecule has 58 heavy (non-hydrogen) atoms. The van der Waals surface area contributed by atoms with Gasteiger partial charge in [0, 0.05) is 45.0 Å². The van der Waals surface area contributed by atoms with Crippen LogP contribution in [0.2, 0.25) is 0 Å². The summed E-state index contributed by atoms with van der Waals surface area (Å²) in [6.45, 7) is 9.46. The highest BCUT2D eigenvalue weighted by Crippen LogP contribution is 2.53. The zero-order chi connectivity index (χ0) is 39.4. The number of hydrogen-bond acceptors (Lipinski definition) is 2. The molecule has 280 valence electrons. The zero-order valence-electron chi connectivity index (χ0n) is 33.5. The first-order valence-electron chi connectivity index (χ1n) is 20.3. The molecule has 2 heteroatoms. The largest absolute Gasteiger partial charge is 0.311 e. The van der Waals surface area contributed by atoms with Gasteiger partial charge in [0.25, 0.3) is 0 Å². The van der Waals surface area contributed by atoms with E-state index in [1.54, 1.807) is 0 Å². The van der Waals surface area contributed by atoms with Gasteiger partial charge in [0.1, 0.15) is 0 Å². The number of para-hydroxylation sites is 3. The lowest BCUT2D eigenvalue weighted by atomic mass is 9.81. The van der Waals surface area contributed by atoms with Crippen molar-refractivity contribution in [2.75, 3.05) is 9.80 Å². The first kappa shape index (κ1) is 35.5.